The van der Waals surface area contributed by atoms with E-state index in [0.29, 0.717) is 11.1 Å². The lowest BCUT2D eigenvalue weighted by molar-refractivity contribution is -0.142. The summed E-state index contributed by atoms with van der Waals surface area (Å²) in [6, 6.07) is 0. The Bertz CT molecular complexity index is 347. The maximum atomic E-state index is 11.5. The summed E-state index contributed by atoms with van der Waals surface area (Å²) in [5.41, 5.74) is 0.867. The molecule has 0 fully saturated rings. The molecule has 0 aromatic rings. The van der Waals surface area contributed by atoms with Crippen LogP contribution in [0, 0.1) is 0 Å². The van der Waals surface area contributed by atoms with Crippen LogP contribution < -0.4 is 0 Å². The monoisotopic (exact) mass is 227 g/mol. The van der Waals surface area contributed by atoms with E-state index in [0.717, 1.165) is 4.90 Å². The highest BCUT2D eigenvalue weighted by Gasteiger charge is 2.32. The topological polar surface area (TPSA) is 83.9 Å². The first-order chi connectivity index (χ1) is 7.45. The Kier molecular flexibility index (Phi) is 3.78. The van der Waals surface area contributed by atoms with E-state index in [9.17, 15) is 14.4 Å². The van der Waals surface area contributed by atoms with Gasteiger partial charge in [0.25, 0.3) is 11.8 Å². The Labute approximate surface area is 92.5 Å². The van der Waals surface area contributed by atoms with Crippen LogP contribution in [-0.4, -0.2) is 47.5 Å². The van der Waals surface area contributed by atoms with Crippen molar-refractivity contribution in [2.45, 2.75) is 13.8 Å². The fourth-order valence-electron chi connectivity index (χ4n) is 1.34. The standard InChI is InChI=1S/C10H13NO5/c1-6-7(2)10(15)11(9(6)14)3-4-16-5-8(12)13/h3-5H2,1-2H3,(H,12,13). The number of carboxylic acid groups (broad SMARTS) is 1. The fraction of sp³-hybridized carbons (Fsp3) is 0.500. The second kappa shape index (κ2) is 4.89. The van der Waals surface area contributed by atoms with E-state index in [1.807, 2.05) is 0 Å². The first kappa shape index (κ1) is 12.4. The number of carbonyl (C=O) groups excluding carboxylic acids is 2. The number of imide groups is 1. The van der Waals surface area contributed by atoms with Crippen molar-refractivity contribution in [2.24, 2.45) is 0 Å². The predicted octanol–water partition coefficient (Wildman–Crippen LogP) is -0.207. The lowest BCUT2D eigenvalue weighted by Crippen LogP contribution is -2.34. The van der Waals surface area contributed by atoms with Crippen molar-refractivity contribution in [3.63, 3.8) is 0 Å². The quantitative estimate of drug-likeness (QED) is 0.519. The number of carboxylic acids is 1. The molecule has 2 amide bonds. The van der Waals surface area contributed by atoms with Crippen LogP contribution in [0.1, 0.15) is 13.8 Å². The minimum Gasteiger partial charge on any atom is -0.480 e. The number of hydrogen-bond acceptors (Lipinski definition) is 4. The van der Waals surface area contributed by atoms with E-state index >= 15 is 0 Å². The first-order valence-electron chi connectivity index (χ1n) is 4.78. The highest BCUT2D eigenvalue weighted by molar-refractivity contribution is 6.18. The van der Waals surface area contributed by atoms with Gasteiger partial charge in [0, 0.05) is 11.1 Å². The second-order valence-electron chi connectivity index (χ2n) is 3.46. The number of carbonyl (C=O) groups is 3. The third kappa shape index (κ3) is 2.46. The number of ether oxygens (including phenoxy) is 1. The van der Waals surface area contributed by atoms with E-state index in [2.05, 4.69) is 0 Å². The minimum atomic E-state index is -1.08. The number of rotatable bonds is 5. The SMILES string of the molecule is CC1=C(C)C(=O)N(CCOCC(=O)O)C1=O. The summed E-state index contributed by atoms with van der Waals surface area (Å²) < 4.78 is 4.76. The Hall–Kier alpha value is -1.69. The van der Waals surface area contributed by atoms with E-state index < -0.39 is 12.6 Å². The molecule has 0 saturated carbocycles. The summed E-state index contributed by atoms with van der Waals surface area (Å²) in [6.45, 7) is 2.87. The van der Waals surface area contributed by atoms with Gasteiger partial charge in [-0.25, -0.2) is 4.79 Å². The van der Waals surface area contributed by atoms with Crippen LogP contribution in [0.5, 0.6) is 0 Å². The van der Waals surface area contributed by atoms with Gasteiger partial charge in [0.2, 0.25) is 0 Å². The zero-order chi connectivity index (χ0) is 12.3. The summed E-state index contributed by atoms with van der Waals surface area (Å²) in [6.07, 6.45) is 0. The molecule has 0 radical (unpaired) electrons. The van der Waals surface area contributed by atoms with Crippen molar-refractivity contribution in [1.29, 1.82) is 0 Å². The Morgan fingerprint density at radius 2 is 1.75 bits per heavy atom. The van der Waals surface area contributed by atoms with Crippen molar-refractivity contribution in [1.82, 2.24) is 4.90 Å². The van der Waals surface area contributed by atoms with E-state index in [4.69, 9.17) is 9.84 Å². The first-order valence-corrected chi connectivity index (χ1v) is 4.78. The Morgan fingerprint density at radius 1 is 1.25 bits per heavy atom. The predicted molar refractivity (Wildman–Crippen MR) is 53.5 cm³/mol. The fourth-order valence-corrected chi connectivity index (χ4v) is 1.34. The molecule has 6 nitrogen and oxygen atoms in total. The normalized spacial score (nSPS) is 16.2. The van der Waals surface area contributed by atoms with Crippen LogP contribution in [0.3, 0.4) is 0 Å². The van der Waals surface area contributed by atoms with Crippen LogP contribution >= 0.6 is 0 Å². The Morgan fingerprint density at radius 3 is 2.19 bits per heavy atom. The van der Waals surface area contributed by atoms with Crippen molar-refractivity contribution in [2.75, 3.05) is 19.8 Å². The molecule has 1 aliphatic heterocycles. The van der Waals surface area contributed by atoms with Crippen LogP contribution in [0.25, 0.3) is 0 Å². The molecule has 0 unspecified atom stereocenters. The van der Waals surface area contributed by atoms with Crippen molar-refractivity contribution in [3.05, 3.63) is 11.1 Å². The molecule has 88 valence electrons. The average Bonchev–Trinajstić information content (AvgIpc) is 2.40. The smallest absolute Gasteiger partial charge is 0.329 e. The zero-order valence-electron chi connectivity index (χ0n) is 9.15. The molecule has 1 N–H and O–H groups in total. The number of aliphatic carboxylic acids is 1. The highest BCUT2D eigenvalue weighted by atomic mass is 16.5. The van der Waals surface area contributed by atoms with Gasteiger partial charge in [-0.1, -0.05) is 0 Å². The van der Waals surface area contributed by atoms with Crippen LogP contribution in [0.4, 0.5) is 0 Å². The lowest BCUT2D eigenvalue weighted by Gasteiger charge is -2.14. The van der Waals surface area contributed by atoms with Gasteiger partial charge >= 0.3 is 5.97 Å². The molecule has 1 aliphatic rings. The largest absolute Gasteiger partial charge is 0.480 e. The molecule has 0 aromatic heterocycles. The van der Waals surface area contributed by atoms with Gasteiger partial charge in [0.15, 0.2) is 0 Å². The van der Waals surface area contributed by atoms with Crippen LogP contribution in [0.15, 0.2) is 11.1 Å². The summed E-state index contributed by atoms with van der Waals surface area (Å²) in [4.78, 5) is 34.3. The maximum Gasteiger partial charge on any atom is 0.329 e. The molecule has 0 bridgehead atoms. The van der Waals surface area contributed by atoms with Gasteiger partial charge in [0.05, 0.1) is 13.2 Å². The molecule has 0 aromatic carbocycles. The molecule has 0 aliphatic carbocycles. The summed E-state index contributed by atoms with van der Waals surface area (Å²) in [5.74, 6) is -1.74. The summed E-state index contributed by atoms with van der Waals surface area (Å²) in [7, 11) is 0. The minimum absolute atomic E-state index is 0.0321. The number of hydrogen-bond donors (Lipinski definition) is 1. The summed E-state index contributed by atoms with van der Waals surface area (Å²) >= 11 is 0. The highest BCUT2D eigenvalue weighted by Crippen LogP contribution is 2.18. The molecular weight excluding hydrogens is 214 g/mol. The molecular formula is C10H13NO5. The molecule has 1 rings (SSSR count). The van der Waals surface area contributed by atoms with E-state index in [-0.39, 0.29) is 25.0 Å². The third-order valence-corrected chi connectivity index (χ3v) is 2.38. The number of nitrogens with zero attached hydrogens (tertiary/aromatic N) is 1. The average molecular weight is 227 g/mol. The van der Waals surface area contributed by atoms with Gasteiger partial charge in [0.1, 0.15) is 6.61 Å². The van der Waals surface area contributed by atoms with E-state index in [1.54, 1.807) is 13.8 Å². The molecule has 16 heavy (non-hydrogen) atoms. The van der Waals surface area contributed by atoms with Crippen LogP contribution in [0.2, 0.25) is 0 Å². The van der Waals surface area contributed by atoms with Gasteiger partial charge in [-0.15, -0.1) is 0 Å². The third-order valence-electron chi connectivity index (χ3n) is 2.38. The van der Waals surface area contributed by atoms with Gasteiger partial charge < -0.3 is 9.84 Å². The maximum absolute atomic E-state index is 11.5. The molecule has 0 atom stereocenters. The summed E-state index contributed by atoms with van der Waals surface area (Å²) in [5, 5.41) is 8.31. The molecule has 0 spiro atoms. The van der Waals surface area contributed by atoms with Crippen LogP contribution in [-0.2, 0) is 19.1 Å². The lowest BCUT2D eigenvalue weighted by atomic mass is 10.2. The van der Waals surface area contributed by atoms with Crippen molar-refractivity contribution < 1.29 is 24.2 Å². The molecule has 1 heterocycles. The van der Waals surface area contributed by atoms with Crippen molar-refractivity contribution in [3.8, 4) is 0 Å². The van der Waals surface area contributed by atoms with Gasteiger partial charge in [-0.2, -0.15) is 0 Å². The van der Waals surface area contributed by atoms with Gasteiger partial charge in [-0.3, -0.25) is 14.5 Å². The molecule has 6 heteroatoms. The van der Waals surface area contributed by atoms with Gasteiger partial charge in [-0.05, 0) is 13.8 Å². The van der Waals surface area contributed by atoms with Crippen molar-refractivity contribution >= 4 is 17.8 Å². The second-order valence-corrected chi connectivity index (χ2v) is 3.46. The van der Waals surface area contributed by atoms with E-state index in [1.165, 1.54) is 0 Å². The Balaban J connectivity index is 2.43. The number of amides is 2. The molecule has 0 saturated heterocycles. The zero-order valence-corrected chi connectivity index (χ0v) is 9.15.